The lowest BCUT2D eigenvalue weighted by Gasteiger charge is -2.34. The Morgan fingerprint density at radius 2 is 1.66 bits per heavy atom. The van der Waals surface area contributed by atoms with Gasteiger partial charge in [0.25, 0.3) is 15.9 Å². The van der Waals surface area contributed by atoms with E-state index in [0.29, 0.717) is 29.4 Å². The van der Waals surface area contributed by atoms with E-state index in [2.05, 4.69) is 14.6 Å². The number of anilines is 1. The van der Waals surface area contributed by atoms with Gasteiger partial charge in [-0.1, -0.05) is 17.7 Å². The van der Waals surface area contributed by atoms with Gasteiger partial charge in [0.05, 0.1) is 4.90 Å². The van der Waals surface area contributed by atoms with Gasteiger partial charge in [-0.2, -0.15) is 0 Å². The van der Waals surface area contributed by atoms with Gasteiger partial charge in [0.2, 0.25) is 0 Å². The number of piperazine rings is 1. The zero-order valence-electron chi connectivity index (χ0n) is 17.3. The van der Waals surface area contributed by atoms with Crippen LogP contribution in [0.15, 0.2) is 78.0 Å². The summed E-state index contributed by atoms with van der Waals surface area (Å²) in [7, 11) is -3.76. The van der Waals surface area contributed by atoms with Gasteiger partial charge in [-0.05, 0) is 60.2 Å². The third-order valence-electron chi connectivity index (χ3n) is 5.30. The van der Waals surface area contributed by atoms with Crippen molar-refractivity contribution in [3.8, 4) is 0 Å². The number of nitrogens with zero attached hydrogens (tertiary/aromatic N) is 3. The summed E-state index contributed by atoms with van der Waals surface area (Å²) in [6, 6.07) is 16.4. The molecule has 1 aliphatic rings. The number of carbonyl (C=O) groups is 1. The van der Waals surface area contributed by atoms with E-state index in [1.54, 1.807) is 47.5 Å². The van der Waals surface area contributed by atoms with E-state index < -0.39 is 10.0 Å². The average Bonchev–Trinajstić information content (AvgIpc) is 2.81. The van der Waals surface area contributed by atoms with E-state index in [9.17, 15) is 13.2 Å². The maximum atomic E-state index is 12.9. The summed E-state index contributed by atoms with van der Waals surface area (Å²) in [6.07, 6.45) is 3.61. The molecule has 1 fully saturated rings. The molecule has 1 amide bonds. The molecule has 9 heteroatoms. The number of amides is 1. The zero-order valence-corrected chi connectivity index (χ0v) is 18.9. The summed E-state index contributed by atoms with van der Waals surface area (Å²) in [5.41, 5.74) is 2.03. The molecule has 0 bridgehead atoms. The fourth-order valence-electron chi connectivity index (χ4n) is 3.55. The van der Waals surface area contributed by atoms with Crippen molar-refractivity contribution in [2.75, 3.05) is 30.9 Å². The number of hydrogen-bond acceptors (Lipinski definition) is 5. The van der Waals surface area contributed by atoms with Crippen molar-refractivity contribution >= 4 is 33.2 Å². The third-order valence-corrected chi connectivity index (χ3v) is 6.95. The second kappa shape index (κ2) is 9.68. The van der Waals surface area contributed by atoms with Crippen LogP contribution in [0.3, 0.4) is 0 Å². The number of carbonyl (C=O) groups excluding carboxylic acids is 1. The van der Waals surface area contributed by atoms with Crippen LogP contribution in [0.25, 0.3) is 0 Å². The fourth-order valence-corrected chi connectivity index (χ4v) is 4.73. The molecule has 0 unspecified atom stereocenters. The first kappa shape index (κ1) is 22.3. The lowest BCUT2D eigenvalue weighted by Crippen LogP contribution is -2.48. The van der Waals surface area contributed by atoms with E-state index in [1.807, 2.05) is 18.3 Å². The molecule has 4 rings (SSSR count). The highest BCUT2D eigenvalue weighted by Gasteiger charge is 2.23. The maximum Gasteiger partial charge on any atom is 0.261 e. The number of aromatic nitrogens is 1. The number of rotatable bonds is 6. The van der Waals surface area contributed by atoms with Crippen molar-refractivity contribution < 1.29 is 13.2 Å². The topological polar surface area (TPSA) is 82.6 Å². The van der Waals surface area contributed by atoms with Crippen LogP contribution >= 0.6 is 11.6 Å². The molecular weight excluding hydrogens is 448 g/mol. The number of pyridine rings is 1. The van der Waals surface area contributed by atoms with Crippen LogP contribution in [0.1, 0.15) is 15.9 Å². The number of hydrogen-bond donors (Lipinski definition) is 1. The first-order chi connectivity index (χ1) is 15.4. The first-order valence-corrected chi connectivity index (χ1v) is 12.1. The molecule has 166 valence electrons. The van der Waals surface area contributed by atoms with E-state index >= 15 is 0 Å². The normalized spacial score (nSPS) is 14.8. The second-order valence-electron chi connectivity index (χ2n) is 7.57. The van der Waals surface area contributed by atoms with E-state index in [1.165, 1.54) is 12.1 Å². The summed E-state index contributed by atoms with van der Waals surface area (Å²) < 4.78 is 27.7. The molecule has 0 atom stereocenters. The molecule has 1 aromatic heterocycles. The predicted octanol–water partition coefficient (Wildman–Crippen LogP) is 3.49. The number of benzene rings is 2. The third kappa shape index (κ3) is 5.45. The van der Waals surface area contributed by atoms with Crippen LogP contribution in [0.4, 0.5) is 5.69 Å². The molecule has 1 aliphatic heterocycles. The highest BCUT2D eigenvalue weighted by atomic mass is 35.5. The smallest absolute Gasteiger partial charge is 0.261 e. The number of sulfonamides is 1. The number of halogens is 1. The second-order valence-corrected chi connectivity index (χ2v) is 9.69. The Balaban J connectivity index is 1.35. The molecule has 32 heavy (non-hydrogen) atoms. The van der Waals surface area contributed by atoms with Crippen molar-refractivity contribution in [3.05, 3.63) is 89.2 Å². The molecule has 1 saturated heterocycles. The Morgan fingerprint density at radius 1 is 0.969 bits per heavy atom. The first-order valence-electron chi connectivity index (χ1n) is 10.2. The maximum absolute atomic E-state index is 12.9. The van der Waals surface area contributed by atoms with Crippen LogP contribution in [0.5, 0.6) is 0 Å². The molecule has 0 spiro atoms. The molecule has 2 aromatic carbocycles. The quantitative estimate of drug-likeness (QED) is 0.596. The van der Waals surface area contributed by atoms with Crippen molar-refractivity contribution in [2.45, 2.75) is 11.4 Å². The van der Waals surface area contributed by atoms with Gasteiger partial charge in [0.1, 0.15) is 0 Å². The van der Waals surface area contributed by atoms with Gasteiger partial charge in [-0.3, -0.25) is 19.4 Å². The molecule has 3 aromatic rings. The van der Waals surface area contributed by atoms with Gasteiger partial charge < -0.3 is 4.90 Å². The van der Waals surface area contributed by atoms with Crippen molar-refractivity contribution in [2.24, 2.45) is 0 Å². The van der Waals surface area contributed by atoms with Gasteiger partial charge in [0.15, 0.2) is 0 Å². The highest BCUT2D eigenvalue weighted by molar-refractivity contribution is 7.92. The van der Waals surface area contributed by atoms with Gasteiger partial charge in [-0.25, -0.2) is 8.42 Å². The average molecular weight is 471 g/mol. The minimum Gasteiger partial charge on any atom is -0.336 e. The summed E-state index contributed by atoms with van der Waals surface area (Å²) in [6.45, 7) is 3.60. The monoisotopic (exact) mass is 470 g/mol. The van der Waals surface area contributed by atoms with Crippen molar-refractivity contribution in [1.29, 1.82) is 0 Å². The Kier molecular flexibility index (Phi) is 6.74. The molecular formula is C23H23ClN4O3S. The van der Waals surface area contributed by atoms with E-state index in [-0.39, 0.29) is 10.8 Å². The Labute approximate surface area is 192 Å². The summed E-state index contributed by atoms with van der Waals surface area (Å²) in [5, 5.41) is 0.522. The summed E-state index contributed by atoms with van der Waals surface area (Å²) >= 11 is 5.84. The zero-order chi connectivity index (χ0) is 22.6. The Morgan fingerprint density at radius 3 is 2.28 bits per heavy atom. The molecule has 0 radical (unpaired) electrons. The molecule has 2 heterocycles. The van der Waals surface area contributed by atoms with Crippen LogP contribution in [-0.2, 0) is 16.6 Å². The molecule has 7 nitrogen and oxygen atoms in total. The Bertz CT molecular complexity index is 1160. The molecule has 1 N–H and O–H groups in total. The molecule has 0 saturated carbocycles. The largest absolute Gasteiger partial charge is 0.336 e. The van der Waals surface area contributed by atoms with Crippen LogP contribution in [0.2, 0.25) is 5.02 Å². The molecule has 0 aliphatic carbocycles. The minimum absolute atomic E-state index is 0.0882. The van der Waals surface area contributed by atoms with Crippen molar-refractivity contribution in [3.63, 3.8) is 0 Å². The standard InChI is InChI=1S/C23H23ClN4O3S/c24-20-5-7-21(8-6-20)26-32(30,31)22-9-3-19(4-10-22)23(29)28-14-12-27(13-15-28)17-18-2-1-11-25-16-18/h1-11,16,26H,12-15,17H2. The van der Waals surface area contributed by atoms with Gasteiger partial charge in [-0.15, -0.1) is 0 Å². The van der Waals surface area contributed by atoms with E-state index in [4.69, 9.17) is 11.6 Å². The lowest BCUT2D eigenvalue weighted by atomic mass is 10.1. The minimum atomic E-state index is -3.76. The van der Waals surface area contributed by atoms with Crippen LogP contribution in [0, 0.1) is 0 Å². The lowest BCUT2D eigenvalue weighted by molar-refractivity contribution is 0.0628. The SMILES string of the molecule is O=C(c1ccc(S(=O)(=O)Nc2ccc(Cl)cc2)cc1)N1CCN(Cc2cccnc2)CC1. The van der Waals surface area contributed by atoms with Crippen LogP contribution in [-0.4, -0.2) is 55.3 Å². The van der Waals surface area contributed by atoms with Gasteiger partial charge in [0, 0.05) is 61.4 Å². The van der Waals surface area contributed by atoms with Gasteiger partial charge >= 0.3 is 0 Å². The number of nitrogens with one attached hydrogen (secondary N) is 1. The fraction of sp³-hybridized carbons (Fsp3) is 0.217. The highest BCUT2D eigenvalue weighted by Crippen LogP contribution is 2.19. The Hall–Kier alpha value is -2.94. The van der Waals surface area contributed by atoms with Crippen LogP contribution < -0.4 is 4.72 Å². The predicted molar refractivity (Wildman–Crippen MR) is 124 cm³/mol. The van der Waals surface area contributed by atoms with Crippen molar-refractivity contribution in [1.82, 2.24) is 14.8 Å². The summed E-state index contributed by atoms with van der Waals surface area (Å²) in [4.78, 5) is 21.2. The summed E-state index contributed by atoms with van der Waals surface area (Å²) in [5.74, 6) is -0.0966. The van der Waals surface area contributed by atoms with E-state index in [0.717, 1.165) is 25.2 Å².